The summed E-state index contributed by atoms with van der Waals surface area (Å²) in [5.74, 6) is 0.860. The highest BCUT2D eigenvalue weighted by Crippen LogP contribution is 2.41. The van der Waals surface area contributed by atoms with E-state index in [1.807, 2.05) is 19.1 Å². The third-order valence-electron chi connectivity index (χ3n) is 7.28. The fourth-order valence-electron chi connectivity index (χ4n) is 5.40. The number of halogens is 1. The van der Waals surface area contributed by atoms with Gasteiger partial charge in [-0.05, 0) is 107 Å². The molecule has 4 nitrogen and oxygen atoms in total. The normalized spacial score (nSPS) is 18.9. The predicted octanol–water partition coefficient (Wildman–Crippen LogP) is 5.90. The average Bonchev–Trinajstić information content (AvgIpc) is 3.24. The molecule has 202 valence electrons. The number of rotatable bonds is 9. The van der Waals surface area contributed by atoms with Crippen LogP contribution in [-0.2, 0) is 6.42 Å². The molecular formula is C31H40FN3OP2. The molecule has 0 amide bonds. The van der Waals surface area contributed by atoms with Crippen LogP contribution in [0.5, 0.6) is 5.75 Å². The van der Waals surface area contributed by atoms with Crippen LogP contribution in [0.2, 0.25) is 0 Å². The molecule has 4 N–H and O–H groups in total. The molecule has 3 atom stereocenters. The first-order valence-corrected chi connectivity index (χ1v) is 14.5. The molecule has 38 heavy (non-hydrogen) atoms. The number of hydrogen-bond acceptors (Lipinski definition) is 4. The van der Waals surface area contributed by atoms with Gasteiger partial charge in [0.15, 0.2) is 0 Å². The number of nitrogens with zero attached hydrogens (tertiary/aromatic N) is 1. The summed E-state index contributed by atoms with van der Waals surface area (Å²) in [6, 6.07) is 12.6. The summed E-state index contributed by atoms with van der Waals surface area (Å²) >= 11 is 0. The summed E-state index contributed by atoms with van der Waals surface area (Å²) < 4.78 is 18.9. The number of nitrogen functional groups attached to an aromatic ring is 1. The van der Waals surface area contributed by atoms with E-state index in [4.69, 9.17) is 16.2 Å². The average molecular weight is 552 g/mol. The Kier molecular flexibility index (Phi) is 9.82. The molecular weight excluding hydrogens is 511 g/mol. The van der Waals surface area contributed by atoms with Gasteiger partial charge in [0.05, 0.1) is 6.67 Å². The molecule has 2 aromatic rings. The zero-order valence-electron chi connectivity index (χ0n) is 22.3. The van der Waals surface area contributed by atoms with Gasteiger partial charge in [0.25, 0.3) is 0 Å². The molecule has 1 aliphatic carbocycles. The van der Waals surface area contributed by atoms with Gasteiger partial charge < -0.3 is 16.2 Å². The fraction of sp³-hybridized carbons (Fsp3) is 0.355. The SMILES string of the molecule is C=C(P)/C(=C\C=C(/C)N)C1=C(c2ccc(OC3CCN(CCCF)C3)cc2)c2ccc(N)c(P)c2CCC1. The predicted molar refractivity (Wildman–Crippen MR) is 167 cm³/mol. The summed E-state index contributed by atoms with van der Waals surface area (Å²) in [6.07, 6.45) is 8.60. The first-order chi connectivity index (χ1) is 18.3. The van der Waals surface area contributed by atoms with Crippen LogP contribution in [0.1, 0.15) is 49.3 Å². The van der Waals surface area contributed by atoms with Crippen molar-refractivity contribution in [1.29, 1.82) is 0 Å². The summed E-state index contributed by atoms with van der Waals surface area (Å²) in [6.45, 7) is 8.50. The molecule has 0 radical (unpaired) electrons. The number of benzene rings is 2. The minimum Gasteiger partial charge on any atom is -0.489 e. The van der Waals surface area contributed by atoms with Crippen molar-refractivity contribution in [3.05, 3.63) is 94.0 Å². The van der Waals surface area contributed by atoms with E-state index in [9.17, 15) is 4.39 Å². The lowest BCUT2D eigenvalue weighted by Crippen LogP contribution is -2.26. The van der Waals surface area contributed by atoms with E-state index >= 15 is 0 Å². The van der Waals surface area contributed by atoms with Gasteiger partial charge in [-0.1, -0.05) is 30.9 Å². The molecule has 7 heteroatoms. The molecule has 3 unspecified atom stereocenters. The van der Waals surface area contributed by atoms with Gasteiger partial charge in [-0.2, -0.15) is 0 Å². The van der Waals surface area contributed by atoms with Crippen LogP contribution in [0, 0.1) is 0 Å². The second kappa shape index (κ2) is 13.1. The van der Waals surface area contributed by atoms with Crippen molar-refractivity contribution in [3.63, 3.8) is 0 Å². The van der Waals surface area contributed by atoms with Crippen molar-refractivity contribution >= 4 is 35.0 Å². The lowest BCUT2D eigenvalue weighted by Gasteiger charge is -2.21. The molecule has 1 aliphatic heterocycles. The van der Waals surface area contributed by atoms with Gasteiger partial charge in [-0.3, -0.25) is 9.29 Å². The Balaban J connectivity index is 1.74. The first-order valence-electron chi connectivity index (χ1n) is 13.3. The Morgan fingerprint density at radius 3 is 2.63 bits per heavy atom. The lowest BCUT2D eigenvalue weighted by atomic mass is 9.87. The Labute approximate surface area is 231 Å². The summed E-state index contributed by atoms with van der Waals surface area (Å²) in [4.78, 5) is 2.28. The Hall–Kier alpha value is -2.45. The maximum absolute atomic E-state index is 12.6. The number of anilines is 1. The van der Waals surface area contributed by atoms with Crippen LogP contribution in [0.3, 0.4) is 0 Å². The number of alkyl halides is 1. The summed E-state index contributed by atoms with van der Waals surface area (Å²) in [5, 5.41) is 2.01. The Morgan fingerprint density at radius 1 is 1.18 bits per heavy atom. The highest BCUT2D eigenvalue weighted by Gasteiger charge is 2.25. The lowest BCUT2D eigenvalue weighted by molar-refractivity contribution is 0.198. The van der Waals surface area contributed by atoms with E-state index in [1.54, 1.807) is 0 Å². The van der Waals surface area contributed by atoms with Gasteiger partial charge in [-0.15, -0.1) is 18.5 Å². The molecule has 2 aromatic carbocycles. The number of ether oxygens (including phenoxy) is 1. The molecule has 0 spiro atoms. The maximum Gasteiger partial charge on any atom is 0.119 e. The van der Waals surface area contributed by atoms with Crippen LogP contribution in [0.15, 0.2) is 77.3 Å². The molecule has 2 aliphatic rings. The summed E-state index contributed by atoms with van der Waals surface area (Å²) in [5.41, 5.74) is 21.0. The van der Waals surface area contributed by atoms with Crippen molar-refractivity contribution in [2.24, 2.45) is 5.73 Å². The van der Waals surface area contributed by atoms with Crippen molar-refractivity contribution < 1.29 is 9.13 Å². The molecule has 0 bridgehead atoms. The van der Waals surface area contributed by atoms with E-state index in [2.05, 4.69) is 66.4 Å². The standard InChI is InChI=1S/C31H40FN3OP2/c1-20(33)7-12-25(21(2)37)26-5-3-6-28-27(13-14-29(34)31(28)38)30(26)22-8-10-23(11-9-22)36-24-15-18-35(19-24)17-4-16-32/h7-14,24H,2-6,15-19,33-34,37-38H2,1H3/b20-7+,25-12+. The number of fused-ring (bicyclic) bond motifs is 1. The van der Waals surface area contributed by atoms with Crippen LogP contribution < -0.4 is 21.5 Å². The third-order valence-corrected chi connectivity index (χ3v) is 8.28. The molecule has 1 fully saturated rings. The fourth-order valence-corrected chi connectivity index (χ4v) is 6.07. The van der Waals surface area contributed by atoms with Gasteiger partial charge in [0.1, 0.15) is 11.9 Å². The number of hydrogen-bond donors (Lipinski definition) is 2. The van der Waals surface area contributed by atoms with E-state index in [1.165, 1.54) is 22.3 Å². The van der Waals surface area contributed by atoms with Crippen LogP contribution in [0.25, 0.3) is 5.57 Å². The number of allylic oxidation sites excluding steroid dienone is 6. The zero-order chi connectivity index (χ0) is 27.2. The van der Waals surface area contributed by atoms with E-state index in [-0.39, 0.29) is 12.8 Å². The molecule has 1 heterocycles. The van der Waals surface area contributed by atoms with Gasteiger partial charge in [-0.25, -0.2) is 0 Å². The van der Waals surface area contributed by atoms with Crippen LogP contribution >= 0.6 is 18.5 Å². The summed E-state index contributed by atoms with van der Waals surface area (Å²) in [7, 11) is 5.62. The van der Waals surface area contributed by atoms with Crippen LogP contribution in [-0.4, -0.2) is 37.3 Å². The zero-order valence-corrected chi connectivity index (χ0v) is 24.6. The smallest absolute Gasteiger partial charge is 0.119 e. The largest absolute Gasteiger partial charge is 0.489 e. The number of nitrogens with two attached hydrogens (primary N) is 2. The minimum absolute atomic E-state index is 0.137. The Morgan fingerprint density at radius 2 is 1.95 bits per heavy atom. The first kappa shape index (κ1) is 28.6. The van der Waals surface area contributed by atoms with Crippen molar-refractivity contribution in [3.8, 4) is 5.75 Å². The Bertz CT molecular complexity index is 1260. The van der Waals surface area contributed by atoms with Gasteiger partial charge >= 0.3 is 0 Å². The highest BCUT2D eigenvalue weighted by atomic mass is 31.0. The highest BCUT2D eigenvalue weighted by molar-refractivity contribution is 7.28. The second-order valence-corrected chi connectivity index (χ2v) is 11.5. The van der Waals surface area contributed by atoms with Crippen molar-refractivity contribution in [2.75, 3.05) is 32.0 Å². The minimum atomic E-state index is -0.266. The quantitative estimate of drug-likeness (QED) is 0.232. The van der Waals surface area contributed by atoms with Crippen LogP contribution in [0.4, 0.5) is 10.1 Å². The second-order valence-electron chi connectivity index (χ2n) is 10.2. The molecule has 0 aromatic heterocycles. The van der Waals surface area contributed by atoms with Gasteiger partial charge in [0.2, 0.25) is 0 Å². The molecule has 0 saturated carbocycles. The monoisotopic (exact) mass is 551 g/mol. The van der Waals surface area contributed by atoms with Crippen molar-refractivity contribution in [1.82, 2.24) is 4.90 Å². The molecule has 1 saturated heterocycles. The van der Waals surface area contributed by atoms with Crippen molar-refractivity contribution in [2.45, 2.75) is 45.1 Å². The topological polar surface area (TPSA) is 64.5 Å². The third kappa shape index (κ3) is 6.75. The molecule has 4 rings (SSSR count). The van der Waals surface area contributed by atoms with E-state index < -0.39 is 0 Å². The van der Waals surface area contributed by atoms with Gasteiger partial charge in [0, 0.05) is 31.0 Å². The van der Waals surface area contributed by atoms with E-state index in [0.29, 0.717) is 6.42 Å². The number of likely N-dealkylation sites (tertiary alicyclic amines) is 1. The van der Waals surface area contributed by atoms with E-state index in [0.717, 1.165) is 84.2 Å². The maximum atomic E-state index is 12.6.